The molecule has 1 aromatic carbocycles. The van der Waals surface area contributed by atoms with Crippen LogP contribution < -0.4 is 10.6 Å². The largest absolute Gasteiger partial charge is 0.375 e. The molecule has 1 aliphatic carbocycles. The molecule has 7 nitrogen and oxygen atoms in total. The van der Waals surface area contributed by atoms with Gasteiger partial charge in [-0.25, -0.2) is 14.0 Å². The summed E-state index contributed by atoms with van der Waals surface area (Å²) in [6.45, 7) is 4.31. The molecule has 8 heteroatoms. The van der Waals surface area contributed by atoms with Gasteiger partial charge in [-0.3, -0.25) is 0 Å². The molecular weight excluding hydrogens is 387 g/mol. The van der Waals surface area contributed by atoms with Crippen LogP contribution >= 0.6 is 0 Å². The number of halogens is 1. The van der Waals surface area contributed by atoms with E-state index in [1.807, 2.05) is 11.8 Å². The van der Waals surface area contributed by atoms with Gasteiger partial charge in [-0.2, -0.15) is 0 Å². The number of urea groups is 2. The smallest absolute Gasteiger partial charge is 0.321 e. The van der Waals surface area contributed by atoms with E-state index in [0.29, 0.717) is 32.3 Å². The van der Waals surface area contributed by atoms with Crippen LogP contribution in [0.3, 0.4) is 0 Å². The molecule has 1 unspecified atom stereocenters. The summed E-state index contributed by atoms with van der Waals surface area (Å²) >= 11 is 0. The maximum Gasteiger partial charge on any atom is 0.321 e. The van der Waals surface area contributed by atoms with Crippen molar-refractivity contribution < 1.29 is 18.7 Å². The molecule has 4 amide bonds. The molecule has 30 heavy (non-hydrogen) atoms. The number of likely N-dealkylation sites (tertiary alicyclic amines) is 1. The molecule has 2 saturated heterocycles. The number of rotatable bonds is 4. The molecule has 1 saturated carbocycles. The molecule has 3 aliphatic rings. The molecule has 0 radical (unpaired) electrons. The van der Waals surface area contributed by atoms with Crippen LogP contribution in [0, 0.1) is 5.82 Å². The normalized spacial score (nSPS) is 23.1. The van der Waals surface area contributed by atoms with Crippen molar-refractivity contribution in [1.82, 2.24) is 15.1 Å². The lowest BCUT2D eigenvalue weighted by atomic mass is 9.82. The SMILES string of the molecule is CCNC(=O)N(C1CC1)C1CCOC2(CCN(C(=O)Nc3ccccc3F)CC2)C1. The Kier molecular flexibility index (Phi) is 6.13. The van der Waals surface area contributed by atoms with Crippen molar-refractivity contribution in [1.29, 1.82) is 0 Å². The zero-order valence-corrected chi connectivity index (χ0v) is 17.5. The number of amides is 4. The van der Waals surface area contributed by atoms with E-state index in [2.05, 4.69) is 10.6 Å². The first-order chi connectivity index (χ1) is 14.5. The summed E-state index contributed by atoms with van der Waals surface area (Å²) in [5.41, 5.74) is -0.101. The van der Waals surface area contributed by atoms with Crippen LogP contribution in [0.4, 0.5) is 19.7 Å². The van der Waals surface area contributed by atoms with E-state index >= 15 is 0 Å². The van der Waals surface area contributed by atoms with Gasteiger partial charge in [0.15, 0.2) is 0 Å². The molecule has 2 aliphatic heterocycles. The quantitative estimate of drug-likeness (QED) is 0.785. The minimum Gasteiger partial charge on any atom is -0.375 e. The molecule has 1 spiro atoms. The van der Waals surface area contributed by atoms with Crippen LogP contribution in [0.1, 0.15) is 45.4 Å². The number of ether oxygens (including phenoxy) is 1. The summed E-state index contributed by atoms with van der Waals surface area (Å²) in [7, 11) is 0. The maximum absolute atomic E-state index is 13.8. The van der Waals surface area contributed by atoms with Gasteiger partial charge in [-0.1, -0.05) is 12.1 Å². The lowest BCUT2D eigenvalue weighted by molar-refractivity contribution is -0.125. The summed E-state index contributed by atoms with van der Waals surface area (Å²) in [5, 5.41) is 5.62. The Morgan fingerprint density at radius 1 is 1.20 bits per heavy atom. The van der Waals surface area contributed by atoms with Crippen molar-refractivity contribution >= 4 is 17.7 Å². The Morgan fingerprint density at radius 3 is 2.60 bits per heavy atom. The molecule has 1 aromatic rings. The van der Waals surface area contributed by atoms with Crippen LogP contribution in [0.15, 0.2) is 24.3 Å². The first-order valence-electron chi connectivity index (χ1n) is 11.0. The minimum atomic E-state index is -0.441. The molecule has 2 heterocycles. The van der Waals surface area contributed by atoms with E-state index < -0.39 is 5.82 Å². The van der Waals surface area contributed by atoms with Crippen molar-refractivity contribution in [2.75, 3.05) is 31.6 Å². The average molecular weight is 419 g/mol. The number of benzene rings is 1. The summed E-state index contributed by atoms with van der Waals surface area (Å²) in [4.78, 5) is 29.0. The number of anilines is 1. The third-order valence-electron chi connectivity index (χ3n) is 6.44. The number of nitrogens with zero attached hydrogens (tertiary/aromatic N) is 2. The highest BCUT2D eigenvalue weighted by molar-refractivity contribution is 5.89. The van der Waals surface area contributed by atoms with Gasteiger partial charge in [0.25, 0.3) is 0 Å². The highest BCUT2D eigenvalue weighted by Crippen LogP contribution is 2.40. The Hall–Kier alpha value is -2.35. The summed E-state index contributed by atoms with van der Waals surface area (Å²) in [6, 6.07) is 6.45. The van der Waals surface area contributed by atoms with Gasteiger partial charge in [0.05, 0.1) is 11.3 Å². The highest BCUT2D eigenvalue weighted by Gasteiger charge is 2.46. The number of hydrogen-bond acceptors (Lipinski definition) is 3. The topological polar surface area (TPSA) is 73.9 Å². The summed E-state index contributed by atoms with van der Waals surface area (Å²) in [5.74, 6) is -0.441. The number of piperidine rings is 1. The van der Waals surface area contributed by atoms with E-state index in [4.69, 9.17) is 4.74 Å². The van der Waals surface area contributed by atoms with Gasteiger partial charge in [-0.05, 0) is 57.6 Å². The first kappa shape index (κ1) is 20.9. The fraction of sp³-hybridized carbons (Fsp3) is 0.636. The lowest BCUT2D eigenvalue weighted by Gasteiger charge is -2.48. The second-order valence-corrected chi connectivity index (χ2v) is 8.55. The van der Waals surface area contributed by atoms with Crippen molar-refractivity contribution in [2.45, 2.75) is 63.1 Å². The first-order valence-corrected chi connectivity index (χ1v) is 11.0. The lowest BCUT2D eigenvalue weighted by Crippen LogP contribution is -2.57. The molecule has 0 bridgehead atoms. The van der Waals surface area contributed by atoms with Crippen molar-refractivity contribution in [3.63, 3.8) is 0 Å². The molecule has 4 rings (SSSR count). The third-order valence-corrected chi connectivity index (χ3v) is 6.44. The van der Waals surface area contributed by atoms with Crippen molar-refractivity contribution in [3.8, 4) is 0 Å². The van der Waals surface area contributed by atoms with E-state index in [1.54, 1.807) is 23.1 Å². The molecule has 1 atom stereocenters. The van der Waals surface area contributed by atoms with Gasteiger partial charge >= 0.3 is 12.1 Å². The number of carbonyl (C=O) groups is 2. The maximum atomic E-state index is 13.8. The van der Waals surface area contributed by atoms with Crippen molar-refractivity contribution in [2.24, 2.45) is 0 Å². The Balaban J connectivity index is 1.35. The van der Waals surface area contributed by atoms with E-state index in [-0.39, 0.29) is 29.4 Å². The predicted molar refractivity (Wildman–Crippen MR) is 112 cm³/mol. The molecule has 3 fully saturated rings. The molecular formula is C22H31FN4O3. The Bertz CT molecular complexity index is 777. The van der Waals surface area contributed by atoms with Crippen LogP contribution in [0.2, 0.25) is 0 Å². The van der Waals surface area contributed by atoms with Gasteiger partial charge < -0.3 is 25.2 Å². The fourth-order valence-corrected chi connectivity index (χ4v) is 4.69. The number of para-hydroxylation sites is 1. The van der Waals surface area contributed by atoms with Gasteiger partial charge in [-0.15, -0.1) is 0 Å². The van der Waals surface area contributed by atoms with Crippen molar-refractivity contribution in [3.05, 3.63) is 30.1 Å². The molecule has 0 aromatic heterocycles. The molecule has 164 valence electrons. The van der Waals surface area contributed by atoms with E-state index in [9.17, 15) is 14.0 Å². The standard InChI is InChI=1S/C22H31FN4O3/c1-2-24-20(28)27(16-7-8-16)17-9-14-30-22(15-17)10-12-26(13-11-22)21(29)25-19-6-4-3-5-18(19)23/h3-6,16-17H,2,7-15H2,1H3,(H,24,28)(H,25,29). The van der Waals surface area contributed by atoms with Gasteiger partial charge in [0.1, 0.15) is 5.82 Å². The summed E-state index contributed by atoms with van der Waals surface area (Å²) < 4.78 is 20.0. The summed E-state index contributed by atoms with van der Waals surface area (Å²) in [6.07, 6.45) is 5.26. The van der Waals surface area contributed by atoms with Crippen LogP contribution in [0.5, 0.6) is 0 Å². The van der Waals surface area contributed by atoms with Crippen LogP contribution in [-0.2, 0) is 4.74 Å². The minimum absolute atomic E-state index is 0.0313. The number of hydrogen-bond donors (Lipinski definition) is 2. The van der Waals surface area contributed by atoms with Crippen LogP contribution in [-0.4, -0.2) is 65.8 Å². The average Bonchev–Trinajstić information content (AvgIpc) is 3.56. The highest BCUT2D eigenvalue weighted by atomic mass is 19.1. The monoisotopic (exact) mass is 418 g/mol. The zero-order valence-electron chi connectivity index (χ0n) is 17.5. The third kappa shape index (κ3) is 4.53. The Morgan fingerprint density at radius 2 is 1.93 bits per heavy atom. The van der Waals surface area contributed by atoms with E-state index in [0.717, 1.165) is 38.5 Å². The van der Waals surface area contributed by atoms with Gasteiger partial charge in [0, 0.05) is 38.3 Å². The molecule has 2 N–H and O–H groups in total. The van der Waals surface area contributed by atoms with E-state index in [1.165, 1.54) is 6.07 Å². The van der Waals surface area contributed by atoms with Gasteiger partial charge in [0.2, 0.25) is 0 Å². The Labute approximate surface area is 176 Å². The number of nitrogens with one attached hydrogen (secondary N) is 2. The fourth-order valence-electron chi connectivity index (χ4n) is 4.69. The number of carbonyl (C=O) groups excluding carboxylic acids is 2. The second kappa shape index (κ2) is 8.79. The zero-order chi connectivity index (χ0) is 21.1. The second-order valence-electron chi connectivity index (χ2n) is 8.55. The van der Waals surface area contributed by atoms with Crippen LogP contribution in [0.25, 0.3) is 0 Å². The predicted octanol–water partition coefficient (Wildman–Crippen LogP) is 3.57.